The molecule has 1 aromatic carbocycles. The van der Waals surface area contributed by atoms with Gasteiger partial charge in [-0.3, -0.25) is 14.5 Å². The van der Waals surface area contributed by atoms with Crippen molar-refractivity contribution in [1.82, 2.24) is 4.90 Å². The van der Waals surface area contributed by atoms with E-state index < -0.39 is 0 Å². The van der Waals surface area contributed by atoms with Crippen molar-refractivity contribution in [2.45, 2.75) is 38.5 Å². The lowest BCUT2D eigenvalue weighted by Crippen LogP contribution is -2.41. The Bertz CT molecular complexity index is 963. The lowest BCUT2D eigenvalue weighted by Gasteiger charge is -2.30. The van der Waals surface area contributed by atoms with Crippen LogP contribution in [0.1, 0.15) is 54.4 Å². The lowest BCUT2D eigenvalue weighted by molar-refractivity contribution is -0.121. The SMILES string of the molecule is CCOC(=O)c1c(C2CC2)csc1NC(=O)CN1CCC(C(=O)Nc2ccccc2)CC1. The van der Waals surface area contributed by atoms with Crippen LogP contribution in [0.4, 0.5) is 10.7 Å². The largest absolute Gasteiger partial charge is 0.462 e. The van der Waals surface area contributed by atoms with Crippen LogP contribution in [0.15, 0.2) is 35.7 Å². The Balaban J connectivity index is 1.28. The summed E-state index contributed by atoms with van der Waals surface area (Å²) in [6.45, 7) is 3.69. The molecule has 7 nitrogen and oxygen atoms in total. The highest BCUT2D eigenvalue weighted by Crippen LogP contribution is 2.46. The standard InChI is InChI=1S/C24H29N3O4S/c1-2-31-24(30)21-19(16-8-9-16)15-32-23(21)26-20(28)14-27-12-10-17(11-13-27)22(29)25-18-6-4-3-5-7-18/h3-7,15-17H,2,8-14H2,1H3,(H,25,29)(H,26,28). The van der Waals surface area contributed by atoms with E-state index in [2.05, 4.69) is 15.5 Å². The predicted octanol–water partition coefficient (Wildman–Crippen LogP) is 4.09. The number of thiophene rings is 1. The molecule has 2 N–H and O–H groups in total. The first kappa shape index (κ1) is 22.5. The Labute approximate surface area is 192 Å². The molecule has 0 bridgehead atoms. The van der Waals surface area contributed by atoms with E-state index in [0.717, 1.165) is 24.1 Å². The average Bonchev–Trinajstić information content (AvgIpc) is 3.55. The zero-order valence-electron chi connectivity index (χ0n) is 18.3. The van der Waals surface area contributed by atoms with Crippen LogP contribution in [0.2, 0.25) is 0 Å². The molecule has 8 heteroatoms. The highest BCUT2D eigenvalue weighted by Gasteiger charge is 2.33. The molecule has 1 aromatic heterocycles. The summed E-state index contributed by atoms with van der Waals surface area (Å²) in [6, 6.07) is 9.46. The first-order valence-electron chi connectivity index (χ1n) is 11.2. The van der Waals surface area contributed by atoms with Gasteiger partial charge < -0.3 is 15.4 Å². The van der Waals surface area contributed by atoms with Crippen molar-refractivity contribution in [2.24, 2.45) is 5.92 Å². The molecular weight excluding hydrogens is 426 g/mol. The van der Waals surface area contributed by atoms with Gasteiger partial charge in [0.05, 0.1) is 18.7 Å². The van der Waals surface area contributed by atoms with E-state index >= 15 is 0 Å². The summed E-state index contributed by atoms with van der Waals surface area (Å²) in [5.41, 5.74) is 2.32. The molecule has 1 saturated heterocycles. The van der Waals surface area contributed by atoms with Gasteiger partial charge in [0.2, 0.25) is 11.8 Å². The molecule has 2 fully saturated rings. The molecular formula is C24H29N3O4S. The first-order valence-corrected chi connectivity index (χ1v) is 12.1. The Morgan fingerprint density at radius 3 is 2.44 bits per heavy atom. The van der Waals surface area contributed by atoms with Crippen LogP contribution in [-0.4, -0.2) is 48.9 Å². The van der Waals surface area contributed by atoms with Gasteiger partial charge in [0.15, 0.2) is 0 Å². The van der Waals surface area contributed by atoms with Crippen LogP contribution in [0.5, 0.6) is 0 Å². The second-order valence-corrected chi connectivity index (χ2v) is 9.22. The summed E-state index contributed by atoms with van der Waals surface area (Å²) >= 11 is 1.39. The van der Waals surface area contributed by atoms with E-state index in [0.29, 0.717) is 49.0 Å². The minimum Gasteiger partial charge on any atom is -0.462 e. The van der Waals surface area contributed by atoms with Gasteiger partial charge in [-0.1, -0.05) is 18.2 Å². The van der Waals surface area contributed by atoms with Gasteiger partial charge in [0.1, 0.15) is 5.00 Å². The number of amides is 2. The molecule has 0 unspecified atom stereocenters. The van der Waals surface area contributed by atoms with Crippen molar-refractivity contribution >= 4 is 39.8 Å². The maximum Gasteiger partial charge on any atom is 0.341 e. The summed E-state index contributed by atoms with van der Waals surface area (Å²) in [5.74, 6) is -0.130. The van der Waals surface area contributed by atoms with Gasteiger partial charge in [-0.25, -0.2) is 4.79 Å². The van der Waals surface area contributed by atoms with E-state index in [4.69, 9.17) is 4.74 Å². The number of benzene rings is 1. The van der Waals surface area contributed by atoms with Crippen LogP contribution in [0, 0.1) is 5.92 Å². The lowest BCUT2D eigenvalue weighted by atomic mass is 9.96. The molecule has 0 radical (unpaired) electrons. The Hall–Kier alpha value is -2.71. The third kappa shape index (κ3) is 5.55. The molecule has 4 rings (SSSR count). The van der Waals surface area contributed by atoms with Crippen LogP contribution in [0.25, 0.3) is 0 Å². The quantitative estimate of drug-likeness (QED) is 0.586. The molecule has 0 atom stereocenters. The molecule has 2 amide bonds. The zero-order valence-corrected chi connectivity index (χ0v) is 19.1. The van der Waals surface area contributed by atoms with Crippen LogP contribution in [0.3, 0.4) is 0 Å². The number of para-hydroxylation sites is 1. The van der Waals surface area contributed by atoms with Gasteiger partial charge >= 0.3 is 5.97 Å². The third-order valence-electron chi connectivity index (χ3n) is 5.94. The van der Waals surface area contributed by atoms with Crippen LogP contribution in [-0.2, 0) is 14.3 Å². The molecule has 170 valence electrons. The van der Waals surface area contributed by atoms with Gasteiger partial charge in [-0.2, -0.15) is 0 Å². The van der Waals surface area contributed by atoms with Crippen molar-refractivity contribution in [3.8, 4) is 0 Å². The second-order valence-electron chi connectivity index (χ2n) is 8.34. The smallest absolute Gasteiger partial charge is 0.341 e. The number of esters is 1. The first-order chi connectivity index (χ1) is 15.5. The van der Waals surface area contributed by atoms with Gasteiger partial charge in [0, 0.05) is 11.6 Å². The normalized spacial score (nSPS) is 17.0. The maximum absolute atomic E-state index is 12.7. The molecule has 1 aliphatic carbocycles. The number of hydrogen-bond donors (Lipinski definition) is 2. The Kier molecular flexibility index (Phi) is 7.22. The van der Waals surface area contributed by atoms with Crippen molar-refractivity contribution in [3.63, 3.8) is 0 Å². The van der Waals surface area contributed by atoms with E-state index in [1.54, 1.807) is 6.92 Å². The molecule has 0 spiro atoms. The minimum absolute atomic E-state index is 0.0329. The maximum atomic E-state index is 12.7. The monoisotopic (exact) mass is 455 g/mol. The van der Waals surface area contributed by atoms with Gasteiger partial charge in [-0.15, -0.1) is 11.3 Å². The number of piperidine rings is 1. The second kappa shape index (κ2) is 10.3. The van der Waals surface area contributed by atoms with Crippen molar-refractivity contribution in [3.05, 3.63) is 46.8 Å². The Morgan fingerprint density at radius 1 is 1.06 bits per heavy atom. The Morgan fingerprint density at radius 2 is 1.78 bits per heavy atom. The average molecular weight is 456 g/mol. The molecule has 1 saturated carbocycles. The number of nitrogens with one attached hydrogen (secondary N) is 2. The molecule has 1 aliphatic heterocycles. The summed E-state index contributed by atoms with van der Waals surface area (Å²) in [4.78, 5) is 39.7. The summed E-state index contributed by atoms with van der Waals surface area (Å²) in [7, 11) is 0. The molecule has 2 aromatic rings. The minimum atomic E-state index is -0.365. The van der Waals surface area contributed by atoms with Crippen LogP contribution < -0.4 is 10.6 Å². The van der Waals surface area contributed by atoms with Crippen LogP contribution >= 0.6 is 11.3 Å². The number of rotatable bonds is 8. The predicted molar refractivity (Wildman–Crippen MR) is 125 cm³/mol. The fraction of sp³-hybridized carbons (Fsp3) is 0.458. The molecule has 2 heterocycles. The van der Waals surface area contributed by atoms with E-state index in [9.17, 15) is 14.4 Å². The third-order valence-corrected chi connectivity index (χ3v) is 6.85. The van der Waals surface area contributed by atoms with E-state index in [1.807, 2.05) is 35.7 Å². The van der Waals surface area contributed by atoms with Gasteiger partial charge in [0.25, 0.3) is 0 Å². The summed E-state index contributed by atoms with van der Waals surface area (Å²) in [6.07, 6.45) is 3.57. The summed E-state index contributed by atoms with van der Waals surface area (Å²) in [5, 5.41) is 8.43. The number of carbonyl (C=O) groups is 3. The number of nitrogens with zero attached hydrogens (tertiary/aromatic N) is 1. The van der Waals surface area contributed by atoms with Crippen molar-refractivity contribution in [2.75, 3.05) is 36.9 Å². The van der Waals surface area contributed by atoms with Crippen molar-refractivity contribution in [1.29, 1.82) is 0 Å². The highest BCUT2D eigenvalue weighted by molar-refractivity contribution is 7.15. The van der Waals surface area contributed by atoms with E-state index in [1.165, 1.54) is 11.3 Å². The van der Waals surface area contributed by atoms with E-state index in [-0.39, 0.29) is 30.2 Å². The van der Waals surface area contributed by atoms with Crippen molar-refractivity contribution < 1.29 is 19.1 Å². The van der Waals surface area contributed by atoms with Gasteiger partial charge in [-0.05, 0) is 74.7 Å². The number of anilines is 2. The fourth-order valence-electron chi connectivity index (χ4n) is 4.06. The molecule has 2 aliphatic rings. The molecule has 32 heavy (non-hydrogen) atoms. The topological polar surface area (TPSA) is 87.7 Å². The number of hydrogen-bond acceptors (Lipinski definition) is 6. The highest BCUT2D eigenvalue weighted by atomic mass is 32.1. The number of likely N-dealkylation sites (tertiary alicyclic amines) is 1. The zero-order chi connectivity index (χ0) is 22.5. The summed E-state index contributed by atoms with van der Waals surface area (Å²) < 4.78 is 5.22. The number of ether oxygens (including phenoxy) is 1. The fourth-order valence-corrected chi connectivity index (χ4v) is 5.11. The number of carbonyl (C=O) groups excluding carboxylic acids is 3.